The molecule has 8 heteroatoms. The fourth-order valence-electron chi connectivity index (χ4n) is 4.34. The molecule has 3 rings (SSSR count). The first-order chi connectivity index (χ1) is 15.2. The Balaban J connectivity index is 0.00000363. The van der Waals surface area contributed by atoms with Crippen LogP contribution < -0.4 is 10.1 Å². The molecule has 0 unspecified atom stereocenters. The molecule has 1 saturated carbocycles. The molecule has 0 bridgehead atoms. The van der Waals surface area contributed by atoms with E-state index in [9.17, 15) is 0 Å². The number of halogens is 1. The predicted octanol–water partition coefficient (Wildman–Crippen LogP) is 4.25. The molecular weight excluding hydrogens is 519 g/mol. The minimum absolute atomic E-state index is 0. The van der Waals surface area contributed by atoms with Gasteiger partial charge in [0.25, 0.3) is 0 Å². The summed E-state index contributed by atoms with van der Waals surface area (Å²) >= 11 is 0. The lowest BCUT2D eigenvalue weighted by atomic mass is 9.89. The quantitative estimate of drug-likeness (QED) is 0.211. The van der Waals surface area contributed by atoms with Crippen LogP contribution in [0, 0.1) is 5.92 Å². The van der Waals surface area contributed by atoms with Crippen molar-refractivity contribution >= 4 is 29.9 Å². The standard InChI is InChI=1S/C24H40N4O3.HI/c1-19-5-7-22(8-6-19)31-23-17-20(9-12-26-23)18-27-24(25-2)28-13-10-21(11-14-28)30-16-4-15-29-3;/h9,12,17,19,21-22H,4-8,10-11,13-16,18H2,1-3H3,(H,25,27);1H. The number of nitrogens with zero attached hydrogens (tertiary/aromatic N) is 3. The van der Waals surface area contributed by atoms with Crippen LogP contribution in [0.4, 0.5) is 0 Å². The molecule has 1 saturated heterocycles. The summed E-state index contributed by atoms with van der Waals surface area (Å²) in [5.74, 6) is 2.50. The third-order valence-electron chi connectivity index (χ3n) is 6.30. The van der Waals surface area contributed by atoms with Gasteiger partial charge >= 0.3 is 0 Å². The van der Waals surface area contributed by atoms with Crippen LogP contribution in [-0.4, -0.2) is 68.5 Å². The molecule has 0 aromatic carbocycles. The molecule has 7 nitrogen and oxygen atoms in total. The van der Waals surface area contributed by atoms with Gasteiger partial charge in [-0.15, -0.1) is 24.0 Å². The van der Waals surface area contributed by atoms with Gasteiger partial charge in [0.05, 0.1) is 6.10 Å². The average molecular weight is 561 g/mol. The number of piperidine rings is 1. The number of likely N-dealkylation sites (tertiary alicyclic amines) is 1. The zero-order valence-electron chi connectivity index (χ0n) is 19.9. The number of hydrogen-bond donors (Lipinski definition) is 1. The van der Waals surface area contributed by atoms with Crippen LogP contribution in [0.5, 0.6) is 5.88 Å². The van der Waals surface area contributed by atoms with Gasteiger partial charge in [0.2, 0.25) is 5.88 Å². The number of guanidine groups is 1. The molecule has 2 heterocycles. The summed E-state index contributed by atoms with van der Waals surface area (Å²) in [5.41, 5.74) is 1.16. The normalized spacial score (nSPS) is 22.3. The molecule has 0 atom stereocenters. The highest BCUT2D eigenvalue weighted by molar-refractivity contribution is 14.0. The van der Waals surface area contributed by atoms with Crippen molar-refractivity contribution in [3.8, 4) is 5.88 Å². The minimum Gasteiger partial charge on any atom is -0.474 e. The molecule has 1 aromatic heterocycles. The van der Waals surface area contributed by atoms with E-state index in [1.165, 1.54) is 12.8 Å². The Labute approximate surface area is 210 Å². The molecule has 0 amide bonds. The first-order valence-electron chi connectivity index (χ1n) is 11.9. The summed E-state index contributed by atoms with van der Waals surface area (Å²) in [5, 5.41) is 3.50. The predicted molar refractivity (Wildman–Crippen MR) is 139 cm³/mol. The molecule has 2 aliphatic rings. The summed E-state index contributed by atoms with van der Waals surface area (Å²) in [6.45, 7) is 6.49. The zero-order valence-corrected chi connectivity index (χ0v) is 22.3. The Morgan fingerprint density at radius 2 is 1.88 bits per heavy atom. The number of aromatic nitrogens is 1. The lowest BCUT2D eigenvalue weighted by molar-refractivity contribution is 0.00989. The monoisotopic (exact) mass is 560 g/mol. The molecule has 1 N–H and O–H groups in total. The van der Waals surface area contributed by atoms with Gasteiger partial charge in [-0.3, -0.25) is 4.99 Å². The van der Waals surface area contributed by atoms with Gasteiger partial charge in [-0.1, -0.05) is 6.92 Å². The maximum absolute atomic E-state index is 6.15. The van der Waals surface area contributed by atoms with E-state index in [4.69, 9.17) is 14.2 Å². The van der Waals surface area contributed by atoms with Crippen LogP contribution in [0.1, 0.15) is 57.4 Å². The van der Waals surface area contributed by atoms with Crippen molar-refractivity contribution in [3.63, 3.8) is 0 Å². The molecule has 1 aliphatic carbocycles. The van der Waals surface area contributed by atoms with Gasteiger partial charge in [0.15, 0.2) is 5.96 Å². The summed E-state index contributed by atoms with van der Waals surface area (Å²) in [7, 11) is 3.58. The Bertz CT molecular complexity index is 675. The SMILES string of the molecule is CN=C(NCc1ccnc(OC2CCC(C)CC2)c1)N1CCC(OCCCOC)CC1.I. The molecule has 0 spiro atoms. The lowest BCUT2D eigenvalue weighted by Gasteiger charge is -2.34. The number of methoxy groups -OCH3 is 1. The topological polar surface area (TPSA) is 68.2 Å². The van der Waals surface area contributed by atoms with E-state index in [-0.39, 0.29) is 24.0 Å². The van der Waals surface area contributed by atoms with E-state index in [1.807, 2.05) is 19.3 Å². The third kappa shape index (κ3) is 9.02. The maximum atomic E-state index is 6.15. The fourth-order valence-corrected chi connectivity index (χ4v) is 4.34. The van der Waals surface area contributed by atoms with Crippen LogP contribution in [0.25, 0.3) is 0 Å². The van der Waals surface area contributed by atoms with Crippen molar-refractivity contribution in [3.05, 3.63) is 23.9 Å². The van der Waals surface area contributed by atoms with Crippen LogP contribution in [0.3, 0.4) is 0 Å². The molecule has 2 fully saturated rings. The molecule has 32 heavy (non-hydrogen) atoms. The summed E-state index contributed by atoms with van der Waals surface area (Å²) < 4.78 is 17.2. The number of aliphatic imine (C=N–C) groups is 1. The van der Waals surface area contributed by atoms with Crippen molar-refractivity contribution in [1.82, 2.24) is 15.2 Å². The van der Waals surface area contributed by atoms with Crippen molar-refractivity contribution in [2.24, 2.45) is 10.9 Å². The zero-order chi connectivity index (χ0) is 21.9. The van der Waals surface area contributed by atoms with Crippen LogP contribution in [0.15, 0.2) is 23.3 Å². The molecule has 1 aliphatic heterocycles. The second-order valence-electron chi connectivity index (χ2n) is 8.81. The third-order valence-corrected chi connectivity index (χ3v) is 6.30. The van der Waals surface area contributed by atoms with Crippen LogP contribution in [-0.2, 0) is 16.0 Å². The Hall–Kier alpha value is -1.13. The molecule has 0 radical (unpaired) electrons. The van der Waals surface area contributed by atoms with Crippen LogP contribution >= 0.6 is 24.0 Å². The second-order valence-corrected chi connectivity index (χ2v) is 8.81. The summed E-state index contributed by atoms with van der Waals surface area (Å²) in [6.07, 6.45) is 10.3. The minimum atomic E-state index is 0. The van der Waals surface area contributed by atoms with Crippen molar-refractivity contribution in [1.29, 1.82) is 0 Å². The lowest BCUT2D eigenvalue weighted by Crippen LogP contribution is -2.46. The van der Waals surface area contributed by atoms with Crippen molar-refractivity contribution in [2.75, 3.05) is 40.5 Å². The number of rotatable bonds is 9. The largest absolute Gasteiger partial charge is 0.474 e. The summed E-state index contributed by atoms with van der Waals surface area (Å²) in [6, 6.07) is 4.09. The number of nitrogens with one attached hydrogen (secondary N) is 1. The Morgan fingerprint density at radius 3 is 2.56 bits per heavy atom. The first-order valence-corrected chi connectivity index (χ1v) is 11.9. The van der Waals surface area contributed by atoms with E-state index in [0.717, 1.165) is 81.7 Å². The van der Waals surface area contributed by atoms with Crippen LogP contribution in [0.2, 0.25) is 0 Å². The molecule has 182 valence electrons. The maximum Gasteiger partial charge on any atom is 0.213 e. The van der Waals surface area contributed by atoms with Gasteiger partial charge in [0.1, 0.15) is 6.10 Å². The Kier molecular flexibility index (Phi) is 12.6. The van der Waals surface area contributed by atoms with E-state index in [2.05, 4.69) is 33.2 Å². The average Bonchev–Trinajstić information content (AvgIpc) is 2.80. The fraction of sp³-hybridized carbons (Fsp3) is 0.750. The highest BCUT2D eigenvalue weighted by Crippen LogP contribution is 2.26. The van der Waals surface area contributed by atoms with Gasteiger partial charge in [-0.25, -0.2) is 4.98 Å². The summed E-state index contributed by atoms with van der Waals surface area (Å²) in [4.78, 5) is 11.2. The Morgan fingerprint density at radius 1 is 1.12 bits per heavy atom. The molecular formula is C24H41IN4O3. The van der Waals surface area contributed by atoms with E-state index >= 15 is 0 Å². The number of pyridine rings is 1. The van der Waals surface area contributed by atoms with Gasteiger partial charge in [-0.05, 0) is 62.5 Å². The molecule has 1 aromatic rings. The van der Waals surface area contributed by atoms with E-state index in [1.54, 1.807) is 7.11 Å². The highest BCUT2D eigenvalue weighted by atomic mass is 127. The van der Waals surface area contributed by atoms with Gasteiger partial charge in [-0.2, -0.15) is 0 Å². The van der Waals surface area contributed by atoms with Crippen molar-refractivity contribution < 1.29 is 14.2 Å². The van der Waals surface area contributed by atoms with Crippen molar-refractivity contribution in [2.45, 2.75) is 70.6 Å². The number of hydrogen-bond acceptors (Lipinski definition) is 5. The van der Waals surface area contributed by atoms with E-state index in [0.29, 0.717) is 18.8 Å². The van der Waals surface area contributed by atoms with Gasteiger partial charge in [0, 0.05) is 59.3 Å². The van der Waals surface area contributed by atoms with E-state index < -0.39 is 0 Å². The number of ether oxygens (including phenoxy) is 3. The highest BCUT2D eigenvalue weighted by Gasteiger charge is 2.22. The smallest absolute Gasteiger partial charge is 0.213 e. The first kappa shape index (κ1) is 27.1. The van der Waals surface area contributed by atoms with Gasteiger partial charge < -0.3 is 24.4 Å². The second kappa shape index (κ2) is 14.9.